The van der Waals surface area contributed by atoms with E-state index in [1.54, 1.807) is 0 Å². The number of halogens is 1. The maximum absolute atomic E-state index is 9.12. The molecule has 0 aliphatic carbocycles. The molecule has 0 unspecified atom stereocenters. The lowest BCUT2D eigenvalue weighted by molar-refractivity contribution is 0.0961. The zero-order valence-electron chi connectivity index (χ0n) is 11.2. The third-order valence-electron chi connectivity index (χ3n) is 3.14. The second-order valence-electron chi connectivity index (χ2n) is 4.64. The minimum Gasteiger partial charge on any atom is -0.486 e. The van der Waals surface area contributed by atoms with Gasteiger partial charge in [-0.1, -0.05) is 23.7 Å². The van der Waals surface area contributed by atoms with Crippen molar-refractivity contribution in [3.05, 3.63) is 35.0 Å². The van der Waals surface area contributed by atoms with Crippen LogP contribution in [-0.4, -0.2) is 30.7 Å². The Morgan fingerprint density at radius 3 is 3.00 bits per heavy atom. The van der Waals surface area contributed by atoms with Crippen LogP contribution in [0.25, 0.3) is 0 Å². The highest BCUT2D eigenvalue weighted by Crippen LogP contribution is 2.33. The van der Waals surface area contributed by atoms with Gasteiger partial charge in [0.2, 0.25) is 0 Å². The van der Waals surface area contributed by atoms with E-state index in [1.165, 1.54) is 11.5 Å². The van der Waals surface area contributed by atoms with E-state index in [-0.39, 0.29) is 11.3 Å². The van der Waals surface area contributed by atoms with Gasteiger partial charge in [-0.15, -0.1) is 0 Å². The van der Waals surface area contributed by atoms with Gasteiger partial charge >= 0.3 is 0 Å². The first-order chi connectivity index (χ1) is 10.2. The van der Waals surface area contributed by atoms with Crippen LogP contribution in [0.5, 0.6) is 11.5 Å². The Labute approximate surface area is 131 Å². The maximum atomic E-state index is 9.12. The number of aromatic nitrogens is 1. The van der Waals surface area contributed by atoms with Crippen LogP contribution in [-0.2, 0) is 0 Å². The van der Waals surface area contributed by atoms with Crippen molar-refractivity contribution in [1.29, 1.82) is 5.26 Å². The molecule has 0 fully saturated rings. The number of hydrogen-bond donors (Lipinski definition) is 0. The largest absolute Gasteiger partial charge is 0.486 e. The molecule has 21 heavy (non-hydrogen) atoms. The van der Waals surface area contributed by atoms with Crippen molar-refractivity contribution >= 4 is 28.1 Å². The van der Waals surface area contributed by atoms with Crippen LogP contribution in [0.4, 0.5) is 5.00 Å². The highest BCUT2D eigenvalue weighted by molar-refractivity contribution is 7.10. The summed E-state index contributed by atoms with van der Waals surface area (Å²) < 4.78 is 15.6. The molecule has 0 saturated carbocycles. The molecule has 1 aliphatic rings. The minimum absolute atomic E-state index is 0.114. The summed E-state index contributed by atoms with van der Waals surface area (Å²) in [6, 6.07) is 9.66. The van der Waals surface area contributed by atoms with Crippen LogP contribution < -0.4 is 14.4 Å². The summed E-state index contributed by atoms with van der Waals surface area (Å²) in [6.45, 7) is 1.05. The van der Waals surface area contributed by atoms with Crippen molar-refractivity contribution in [1.82, 2.24) is 4.37 Å². The number of hydrogen-bond acceptors (Lipinski definition) is 6. The number of anilines is 1. The molecule has 0 N–H and O–H groups in total. The van der Waals surface area contributed by atoms with Crippen molar-refractivity contribution < 1.29 is 9.47 Å². The molecule has 108 valence electrons. The third kappa shape index (κ3) is 2.75. The molecule has 0 bridgehead atoms. The average Bonchev–Trinajstić information content (AvgIpc) is 2.88. The fourth-order valence-corrected chi connectivity index (χ4v) is 3.16. The number of nitriles is 1. The van der Waals surface area contributed by atoms with Gasteiger partial charge in [0.05, 0.1) is 6.54 Å². The predicted molar refractivity (Wildman–Crippen MR) is 81.5 cm³/mol. The Bertz CT molecular complexity index is 698. The summed E-state index contributed by atoms with van der Waals surface area (Å²) >= 11 is 7.10. The van der Waals surface area contributed by atoms with Crippen LogP contribution in [0.2, 0.25) is 5.15 Å². The molecule has 0 spiro atoms. The van der Waals surface area contributed by atoms with Crippen LogP contribution in [0, 0.1) is 11.3 Å². The van der Waals surface area contributed by atoms with Crippen molar-refractivity contribution in [2.75, 3.05) is 25.1 Å². The van der Waals surface area contributed by atoms with E-state index in [1.807, 2.05) is 36.2 Å². The fourth-order valence-electron chi connectivity index (χ4n) is 2.16. The molecule has 1 aliphatic heterocycles. The second kappa shape index (κ2) is 5.80. The number of ether oxygens (including phenoxy) is 2. The van der Waals surface area contributed by atoms with Crippen molar-refractivity contribution in [2.24, 2.45) is 0 Å². The molecule has 1 aromatic heterocycles. The Morgan fingerprint density at radius 2 is 2.24 bits per heavy atom. The zero-order chi connectivity index (χ0) is 14.8. The summed E-state index contributed by atoms with van der Waals surface area (Å²) in [6.07, 6.45) is -0.114. The number of benzene rings is 1. The van der Waals surface area contributed by atoms with E-state index >= 15 is 0 Å². The molecule has 3 rings (SSSR count). The molecular formula is C14H12ClN3O2S. The topological polar surface area (TPSA) is 58.4 Å². The van der Waals surface area contributed by atoms with Gasteiger partial charge in [0.1, 0.15) is 23.2 Å². The Kier molecular flexibility index (Phi) is 3.86. The molecule has 7 heteroatoms. The number of para-hydroxylation sites is 2. The van der Waals surface area contributed by atoms with Gasteiger partial charge in [0.15, 0.2) is 22.8 Å². The molecule has 0 saturated heterocycles. The first-order valence-electron chi connectivity index (χ1n) is 6.34. The lowest BCUT2D eigenvalue weighted by Gasteiger charge is -2.29. The quantitative estimate of drug-likeness (QED) is 0.870. The predicted octanol–water partition coefficient (Wildman–Crippen LogP) is 2.94. The number of nitrogens with zero attached hydrogens (tertiary/aromatic N) is 3. The fraction of sp³-hybridized carbons (Fsp3) is 0.286. The van der Waals surface area contributed by atoms with E-state index in [2.05, 4.69) is 10.4 Å². The molecule has 0 radical (unpaired) electrons. The lowest BCUT2D eigenvalue weighted by atomic mass is 10.2. The van der Waals surface area contributed by atoms with Crippen molar-refractivity contribution in [3.8, 4) is 17.6 Å². The summed E-state index contributed by atoms with van der Waals surface area (Å²) in [5, 5.41) is 10.1. The Hall–Kier alpha value is -1.97. The van der Waals surface area contributed by atoms with E-state index in [0.29, 0.717) is 18.7 Å². The summed E-state index contributed by atoms with van der Waals surface area (Å²) in [5.41, 5.74) is 0.404. The lowest BCUT2D eigenvalue weighted by Crippen LogP contribution is -2.39. The highest BCUT2D eigenvalue weighted by atomic mass is 35.5. The van der Waals surface area contributed by atoms with E-state index in [0.717, 1.165) is 16.5 Å². The van der Waals surface area contributed by atoms with Crippen LogP contribution >= 0.6 is 23.1 Å². The monoisotopic (exact) mass is 321 g/mol. The van der Waals surface area contributed by atoms with Gasteiger partial charge in [0, 0.05) is 7.05 Å². The summed E-state index contributed by atoms with van der Waals surface area (Å²) in [4.78, 5) is 1.92. The smallest absolute Gasteiger partial charge is 0.162 e. The molecule has 2 aromatic rings. The van der Waals surface area contributed by atoms with Crippen molar-refractivity contribution in [3.63, 3.8) is 0 Å². The second-order valence-corrected chi connectivity index (χ2v) is 5.75. The molecule has 2 heterocycles. The molecule has 0 amide bonds. The summed E-state index contributed by atoms with van der Waals surface area (Å²) in [7, 11) is 1.88. The third-order valence-corrected chi connectivity index (χ3v) is 4.47. The SMILES string of the molecule is CN(C[C@@H]1COc2ccccc2O1)c1snc(Cl)c1C#N. The first-order valence-corrected chi connectivity index (χ1v) is 7.49. The van der Waals surface area contributed by atoms with Gasteiger partial charge in [0.25, 0.3) is 0 Å². The van der Waals surface area contributed by atoms with Crippen LogP contribution in [0.3, 0.4) is 0 Å². The standard InChI is InChI=1S/C14H12ClN3O2S/c1-18(14-10(6-16)13(15)17-21-14)7-9-8-19-11-4-2-3-5-12(11)20-9/h2-5,9H,7-8H2,1H3/t9-/m1/s1. The molecule has 1 atom stereocenters. The van der Waals surface area contributed by atoms with E-state index in [9.17, 15) is 0 Å². The van der Waals surface area contributed by atoms with Gasteiger partial charge in [-0.2, -0.15) is 9.64 Å². The maximum Gasteiger partial charge on any atom is 0.162 e. The van der Waals surface area contributed by atoms with Crippen LogP contribution in [0.15, 0.2) is 24.3 Å². The molecular weight excluding hydrogens is 310 g/mol. The molecule has 5 nitrogen and oxygen atoms in total. The number of rotatable bonds is 3. The number of fused-ring (bicyclic) bond motifs is 1. The van der Waals surface area contributed by atoms with Crippen molar-refractivity contribution in [2.45, 2.75) is 6.10 Å². The summed E-state index contributed by atoms with van der Waals surface area (Å²) in [5.74, 6) is 1.50. The Balaban J connectivity index is 1.72. The molecule has 1 aromatic carbocycles. The van der Waals surface area contributed by atoms with Gasteiger partial charge in [-0.05, 0) is 23.7 Å². The van der Waals surface area contributed by atoms with Gasteiger partial charge in [-0.3, -0.25) is 0 Å². The van der Waals surface area contributed by atoms with Gasteiger partial charge in [-0.25, -0.2) is 0 Å². The minimum atomic E-state index is -0.114. The van der Waals surface area contributed by atoms with Crippen LogP contribution in [0.1, 0.15) is 5.56 Å². The average molecular weight is 322 g/mol. The Morgan fingerprint density at radius 1 is 1.48 bits per heavy atom. The van der Waals surface area contributed by atoms with Gasteiger partial charge < -0.3 is 14.4 Å². The first kappa shape index (κ1) is 14.0. The highest BCUT2D eigenvalue weighted by Gasteiger charge is 2.24. The zero-order valence-corrected chi connectivity index (χ0v) is 12.8. The number of likely N-dealkylation sites (N-methyl/N-ethyl adjacent to an activating group) is 1. The van der Waals surface area contributed by atoms with E-state index in [4.69, 9.17) is 26.3 Å². The normalized spacial score (nSPS) is 16.3. The van der Waals surface area contributed by atoms with E-state index < -0.39 is 0 Å².